The van der Waals surface area contributed by atoms with Crippen molar-refractivity contribution in [2.24, 2.45) is 5.14 Å². The molecule has 0 saturated heterocycles. The van der Waals surface area contributed by atoms with Gasteiger partial charge in [0.05, 0.1) is 5.56 Å². The van der Waals surface area contributed by atoms with E-state index in [2.05, 4.69) is 5.32 Å². The molecule has 0 radical (unpaired) electrons. The quantitative estimate of drug-likeness (QED) is 0.734. The highest BCUT2D eigenvalue weighted by atomic mass is 32.2. The highest BCUT2D eigenvalue weighted by Crippen LogP contribution is 2.19. The lowest BCUT2D eigenvalue weighted by Crippen LogP contribution is -2.28. The number of carbonyl (C=O) groups is 2. The third-order valence-electron chi connectivity index (χ3n) is 2.86. The van der Waals surface area contributed by atoms with Crippen LogP contribution >= 0.6 is 11.3 Å². The molecule has 10 heteroatoms. The van der Waals surface area contributed by atoms with E-state index in [4.69, 9.17) is 9.88 Å². The lowest BCUT2D eigenvalue weighted by atomic mass is 10.2. The molecule has 0 atom stereocenters. The minimum absolute atomic E-state index is 0.0223. The third-order valence-corrected chi connectivity index (χ3v) is 5.25. The Hall–Kier alpha value is -2.30. The van der Waals surface area contributed by atoms with E-state index in [1.54, 1.807) is 6.07 Å². The number of halogens is 1. The molecule has 0 unspecified atom stereocenters. The molecule has 3 N–H and O–H groups in total. The summed E-state index contributed by atoms with van der Waals surface area (Å²) in [5.74, 6) is -1.93. The summed E-state index contributed by atoms with van der Waals surface area (Å²) in [7, 11) is -3.89. The highest BCUT2D eigenvalue weighted by Gasteiger charge is 2.17. The molecule has 0 spiro atoms. The summed E-state index contributed by atoms with van der Waals surface area (Å²) >= 11 is 0.772. The number of carbonyl (C=O) groups excluding carboxylic acids is 2. The number of primary sulfonamides is 1. The minimum Gasteiger partial charge on any atom is -0.452 e. The van der Waals surface area contributed by atoms with Crippen LogP contribution in [0.5, 0.6) is 0 Å². The Morgan fingerprint density at radius 2 is 2.00 bits per heavy atom. The Balaban J connectivity index is 1.84. The maximum absolute atomic E-state index is 13.4. The second-order valence-electron chi connectivity index (χ2n) is 4.64. The van der Waals surface area contributed by atoms with Crippen LogP contribution in [-0.2, 0) is 26.1 Å². The standard InChI is InChI=1S/C14H13FN2O5S2/c15-11-4-2-1-3-9(11)6-17-12(18)7-22-14(19)10-5-13(23-8-10)24(16,20)21/h1-5,8H,6-7H2,(H,17,18)(H2,16,20,21). The topological polar surface area (TPSA) is 116 Å². The van der Waals surface area contributed by atoms with Crippen molar-refractivity contribution < 1.29 is 27.1 Å². The van der Waals surface area contributed by atoms with E-state index in [0.29, 0.717) is 5.56 Å². The van der Waals surface area contributed by atoms with Gasteiger partial charge in [-0.3, -0.25) is 4.79 Å². The number of rotatable bonds is 6. The number of nitrogens with one attached hydrogen (secondary N) is 1. The molecule has 24 heavy (non-hydrogen) atoms. The van der Waals surface area contributed by atoms with E-state index in [9.17, 15) is 22.4 Å². The lowest BCUT2D eigenvalue weighted by molar-refractivity contribution is -0.124. The van der Waals surface area contributed by atoms with Gasteiger partial charge in [-0.15, -0.1) is 11.3 Å². The number of sulfonamides is 1. The predicted molar refractivity (Wildman–Crippen MR) is 84.2 cm³/mol. The molecule has 0 fully saturated rings. The number of thiophene rings is 1. The van der Waals surface area contributed by atoms with Gasteiger partial charge >= 0.3 is 5.97 Å². The Labute approximate surface area is 141 Å². The smallest absolute Gasteiger partial charge is 0.339 e. The predicted octanol–water partition coefficient (Wildman–Crippen LogP) is 1.01. The molecule has 2 rings (SSSR count). The van der Waals surface area contributed by atoms with Crippen molar-refractivity contribution in [2.75, 3.05) is 6.61 Å². The van der Waals surface area contributed by atoms with Gasteiger partial charge in [0.1, 0.15) is 10.0 Å². The van der Waals surface area contributed by atoms with Gasteiger partial charge in [-0.25, -0.2) is 22.7 Å². The molecule has 1 heterocycles. The van der Waals surface area contributed by atoms with E-state index in [1.807, 2.05) is 0 Å². The molecule has 0 aliphatic heterocycles. The molecule has 0 aliphatic carbocycles. The molecule has 1 aromatic carbocycles. The first kappa shape index (κ1) is 18.0. The molecule has 7 nitrogen and oxygen atoms in total. The second-order valence-corrected chi connectivity index (χ2v) is 7.34. The Morgan fingerprint density at radius 1 is 1.29 bits per heavy atom. The molecule has 1 amide bonds. The van der Waals surface area contributed by atoms with E-state index in [0.717, 1.165) is 17.4 Å². The van der Waals surface area contributed by atoms with Crippen LogP contribution in [-0.4, -0.2) is 26.9 Å². The summed E-state index contributed by atoms with van der Waals surface area (Å²) in [5, 5.41) is 8.61. The molecular weight excluding hydrogens is 359 g/mol. The fourth-order valence-corrected chi connectivity index (χ4v) is 3.25. The number of nitrogens with two attached hydrogens (primary N) is 1. The number of hydrogen-bond donors (Lipinski definition) is 2. The normalized spacial score (nSPS) is 11.1. The second kappa shape index (κ2) is 7.51. The number of hydrogen-bond acceptors (Lipinski definition) is 6. The van der Waals surface area contributed by atoms with Crippen molar-refractivity contribution in [2.45, 2.75) is 10.8 Å². The SMILES string of the molecule is NS(=O)(=O)c1cc(C(=O)OCC(=O)NCc2ccccc2F)cs1. The minimum atomic E-state index is -3.89. The Kier molecular flexibility index (Phi) is 5.65. The Bertz CT molecular complexity index is 864. The van der Waals surface area contributed by atoms with Crippen LogP contribution in [0, 0.1) is 5.82 Å². The summed E-state index contributed by atoms with van der Waals surface area (Å²) in [4.78, 5) is 23.3. The molecule has 2 aromatic rings. The van der Waals surface area contributed by atoms with E-state index in [-0.39, 0.29) is 16.3 Å². The van der Waals surface area contributed by atoms with E-state index < -0.39 is 34.3 Å². The van der Waals surface area contributed by atoms with E-state index >= 15 is 0 Å². The van der Waals surface area contributed by atoms with Crippen LogP contribution in [0.1, 0.15) is 15.9 Å². The van der Waals surface area contributed by atoms with Crippen LogP contribution in [0.3, 0.4) is 0 Å². The van der Waals surface area contributed by atoms with Gasteiger partial charge in [-0.2, -0.15) is 0 Å². The Morgan fingerprint density at radius 3 is 2.62 bits per heavy atom. The van der Waals surface area contributed by atoms with Crippen LogP contribution in [0.4, 0.5) is 4.39 Å². The number of benzene rings is 1. The van der Waals surface area contributed by atoms with Crippen molar-refractivity contribution in [1.82, 2.24) is 5.32 Å². The van der Waals surface area contributed by atoms with Gasteiger partial charge < -0.3 is 10.1 Å². The maximum atomic E-state index is 13.4. The number of amides is 1. The van der Waals surface area contributed by atoms with Crippen molar-refractivity contribution in [3.8, 4) is 0 Å². The molecular formula is C14H13FN2O5S2. The van der Waals surface area contributed by atoms with Gasteiger partial charge in [-0.1, -0.05) is 18.2 Å². The van der Waals surface area contributed by atoms with Crippen molar-refractivity contribution in [1.29, 1.82) is 0 Å². The molecule has 0 saturated carbocycles. The monoisotopic (exact) mass is 372 g/mol. The van der Waals surface area contributed by atoms with Gasteiger partial charge in [0, 0.05) is 17.5 Å². The number of ether oxygens (including phenoxy) is 1. The van der Waals surface area contributed by atoms with Gasteiger partial charge in [0.15, 0.2) is 6.61 Å². The number of esters is 1. The fraction of sp³-hybridized carbons (Fsp3) is 0.143. The molecule has 1 aromatic heterocycles. The van der Waals surface area contributed by atoms with Gasteiger partial charge in [-0.05, 0) is 12.1 Å². The summed E-state index contributed by atoms with van der Waals surface area (Å²) < 4.78 is 40.2. The maximum Gasteiger partial charge on any atom is 0.339 e. The molecule has 128 valence electrons. The summed E-state index contributed by atoms with van der Waals surface area (Å²) in [6.45, 7) is -0.620. The van der Waals surface area contributed by atoms with Crippen LogP contribution < -0.4 is 10.5 Å². The molecule has 0 aliphatic rings. The fourth-order valence-electron chi connectivity index (χ4n) is 1.67. The first-order valence-corrected chi connectivity index (χ1v) is 8.98. The van der Waals surface area contributed by atoms with Crippen molar-refractivity contribution in [3.05, 3.63) is 52.7 Å². The lowest BCUT2D eigenvalue weighted by Gasteiger charge is -2.06. The van der Waals surface area contributed by atoms with Gasteiger partial charge in [0.2, 0.25) is 10.0 Å². The molecule has 0 bridgehead atoms. The van der Waals surface area contributed by atoms with Gasteiger partial charge in [0.25, 0.3) is 5.91 Å². The first-order chi connectivity index (χ1) is 11.3. The summed E-state index contributed by atoms with van der Waals surface area (Å²) in [6.07, 6.45) is 0. The van der Waals surface area contributed by atoms with Crippen LogP contribution in [0.2, 0.25) is 0 Å². The first-order valence-electron chi connectivity index (χ1n) is 6.56. The largest absolute Gasteiger partial charge is 0.452 e. The van der Waals surface area contributed by atoms with Crippen molar-refractivity contribution >= 4 is 33.2 Å². The zero-order chi connectivity index (χ0) is 17.7. The van der Waals surface area contributed by atoms with Crippen LogP contribution in [0.15, 0.2) is 39.9 Å². The van der Waals surface area contributed by atoms with Crippen LogP contribution in [0.25, 0.3) is 0 Å². The average molecular weight is 372 g/mol. The zero-order valence-electron chi connectivity index (χ0n) is 12.2. The van der Waals surface area contributed by atoms with Crippen molar-refractivity contribution in [3.63, 3.8) is 0 Å². The summed E-state index contributed by atoms with van der Waals surface area (Å²) in [6, 6.07) is 7.01. The summed E-state index contributed by atoms with van der Waals surface area (Å²) in [5.41, 5.74) is 0.277. The zero-order valence-corrected chi connectivity index (χ0v) is 13.8. The third kappa shape index (κ3) is 4.85. The highest BCUT2D eigenvalue weighted by molar-refractivity contribution is 7.91. The van der Waals surface area contributed by atoms with E-state index in [1.165, 1.54) is 23.6 Å². The average Bonchev–Trinajstić information content (AvgIpc) is 3.02.